The van der Waals surface area contributed by atoms with E-state index in [0.717, 1.165) is 31.7 Å². The van der Waals surface area contributed by atoms with Crippen molar-refractivity contribution in [1.82, 2.24) is 5.32 Å². The Labute approximate surface area is 117 Å². The number of hydrogen-bond acceptors (Lipinski definition) is 3. The van der Waals surface area contributed by atoms with E-state index in [4.69, 9.17) is 10.5 Å². The van der Waals surface area contributed by atoms with Crippen molar-refractivity contribution in [2.75, 3.05) is 13.1 Å². The van der Waals surface area contributed by atoms with Crippen LogP contribution in [0.1, 0.15) is 39.7 Å². The molecule has 3 heteroatoms. The molecule has 0 unspecified atom stereocenters. The van der Waals surface area contributed by atoms with Gasteiger partial charge in [-0.15, -0.1) is 0 Å². The predicted molar refractivity (Wildman–Crippen MR) is 81.7 cm³/mol. The van der Waals surface area contributed by atoms with Crippen LogP contribution in [0.25, 0.3) is 0 Å². The van der Waals surface area contributed by atoms with Gasteiger partial charge in [0, 0.05) is 5.54 Å². The third-order valence-corrected chi connectivity index (χ3v) is 3.08. The number of nitrogens with two attached hydrogens (primary N) is 1. The Kier molecular flexibility index (Phi) is 6.32. The second-order valence-corrected chi connectivity index (χ2v) is 5.91. The van der Waals surface area contributed by atoms with Crippen LogP contribution in [0.4, 0.5) is 0 Å². The molecule has 0 heterocycles. The van der Waals surface area contributed by atoms with Gasteiger partial charge in [-0.1, -0.05) is 12.1 Å². The van der Waals surface area contributed by atoms with Gasteiger partial charge in [0.1, 0.15) is 5.75 Å². The van der Waals surface area contributed by atoms with Crippen LogP contribution in [0, 0.1) is 0 Å². The maximum absolute atomic E-state index is 5.63. The van der Waals surface area contributed by atoms with E-state index in [1.54, 1.807) is 0 Å². The first-order valence-corrected chi connectivity index (χ1v) is 7.13. The van der Waals surface area contributed by atoms with E-state index in [0.29, 0.717) is 0 Å². The Balaban J connectivity index is 2.38. The predicted octanol–water partition coefficient (Wildman–Crippen LogP) is 2.73. The monoisotopic (exact) mass is 264 g/mol. The summed E-state index contributed by atoms with van der Waals surface area (Å²) in [4.78, 5) is 0. The largest absolute Gasteiger partial charge is 0.491 e. The van der Waals surface area contributed by atoms with Gasteiger partial charge >= 0.3 is 0 Å². The molecule has 0 saturated heterocycles. The number of nitrogens with one attached hydrogen (secondary N) is 1. The first kappa shape index (κ1) is 16.0. The summed E-state index contributed by atoms with van der Waals surface area (Å²) < 4.78 is 5.63. The lowest BCUT2D eigenvalue weighted by Crippen LogP contribution is -2.41. The fourth-order valence-corrected chi connectivity index (χ4v) is 2.00. The number of rotatable bonds is 8. The minimum atomic E-state index is 0.120. The third kappa shape index (κ3) is 6.60. The van der Waals surface area contributed by atoms with Gasteiger partial charge in [0.15, 0.2) is 0 Å². The molecule has 0 aromatic heterocycles. The lowest BCUT2D eigenvalue weighted by molar-refractivity contribution is 0.242. The first-order chi connectivity index (χ1) is 8.93. The number of hydrogen-bond donors (Lipinski definition) is 2. The molecule has 0 saturated carbocycles. The van der Waals surface area contributed by atoms with E-state index in [1.807, 2.05) is 26.0 Å². The van der Waals surface area contributed by atoms with Crippen LogP contribution >= 0.6 is 0 Å². The van der Waals surface area contributed by atoms with Gasteiger partial charge < -0.3 is 15.8 Å². The minimum Gasteiger partial charge on any atom is -0.491 e. The molecule has 0 aliphatic rings. The summed E-state index contributed by atoms with van der Waals surface area (Å²) in [5, 5.41) is 3.54. The van der Waals surface area contributed by atoms with Crippen molar-refractivity contribution in [3.05, 3.63) is 29.8 Å². The SMILES string of the molecule is CC(C)Oc1ccc(CCNC(C)(C)CCN)cc1. The average molecular weight is 264 g/mol. The van der Waals surface area contributed by atoms with Crippen molar-refractivity contribution < 1.29 is 4.74 Å². The molecule has 108 valence electrons. The molecule has 1 rings (SSSR count). The van der Waals surface area contributed by atoms with Crippen molar-refractivity contribution in [3.63, 3.8) is 0 Å². The van der Waals surface area contributed by atoms with E-state index in [-0.39, 0.29) is 11.6 Å². The Morgan fingerprint density at radius 1 is 1.21 bits per heavy atom. The highest BCUT2D eigenvalue weighted by Gasteiger charge is 2.14. The quantitative estimate of drug-likeness (QED) is 0.759. The Bertz CT molecular complexity index is 358. The molecule has 3 nitrogen and oxygen atoms in total. The normalized spacial score (nSPS) is 11.9. The minimum absolute atomic E-state index is 0.120. The third-order valence-electron chi connectivity index (χ3n) is 3.08. The molecule has 0 bridgehead atoms. The topological polar surface area (TPSA) is 47.3 Å². The van der Waals surface area contributed by atoms with E-state index in [2.05, 4.69) is 31.3 Å². The molecule has 1 aromatic rings. The maximum atomic E-state index is 5.63. The zero-order valence-corrected chi connectivity index (χ0v) is 12.7. The molecule has 0 spiro atoms. The smallest absolute Gasteiger partial charge is 0.119 e. The zero-order valence-electron chi connectivity index (χ0n) is 12.7. The Hall–Kier alpha value is -1.06. The van der Waals surface area contributed by atoms with Crippen molar-refractivity contribution in [2.45, 2.75) is 52.2 Å². The summed E-state index contributed by atoms with van der Waals surface area (Å²) >= 11 is 0. The second kappa shape index (κ2) is 7.51. The summed E-state index contributed by atoms with van der Waals surface area (Å²) in [5.74, 6) is 0.940. The molecular weight excluding hydrogens is 236 g/mol. The maximum Gasteiger partial charge on any atom is 0.119 e. The molecule has 0 aliphatic carbocycles. The molecule has 0 fully saturated rings. The molecule has 0 amide bonds. The van der Waals surface area contributed by atoms with Crippen molar-refractivity contribution in [1.29, 1.82) is 0 Å². The zero-order chi connectivity index (χ0) is 14.3. The molecule has 1 aromatic carbocycles. The molecule has 19 heavy (non-hydrogen) atoms. The van der Waals surface area contributed by atoms with Gasteiger partial charge in [-0.25, -0.2) is 0 Å². The van der Waals surface area contributed by atoms with Crippen molar-refractivity contribution >= 4 is 0 Å². The molecule has 3 N–H and O–H groups in total. The van der Waals surface area contributed by atoms with Crippen LogP contribution in [-0.4, -0.2) is 24.7 Å². The summed E-state index contributed by atoms with van der Waals surface area (Å²) in [7, 11) is 0. The van der Waals surface area contributed by atoms with Crippen LogP contribution in [0.3, 0.4) is 0 Å². The van der Waals surface area contributed by atoms with E-state index < -0.39 is 0 Å². The molecule has 0 aliphatic heterocycles. The lowest BCUT2D eigenvalue weighted by Gasteiger charge is -2.25. The highest BCUT2D eigenvalue weighted by atomic mass is 16.5. The van der Waals surface area contributed by atoms with Crippen LogP contribution in [-0.2, 0) is 6.42 Å². The molecule has 0 atom stereocenters. The molecule has 0 radical (unpaired) electrons. The van der Waals surface area contributed by atoms with Crippen LogP contribution in [0.15, 0.2) is 24.3 Å². The standard InChI is InChI=1S/C16H28N2O/c1-13(2)19-15-7-5-14(6-8-15)9-12-18-16(3,4)10-11-17/h5-8,13,18H,9-12,17H2,1-4H3. The van der Waals surface area contributed by atoms with Crippen molar-refractivity contribution in [2.24, 2.45) is 5.73 Å². The van der Waals surface area contributed by atoms with Crippen LogP contribution < -0.4 is 15.8 Å². The summed E-state index contributed by atoms with van der Waals surface area (Å²) in [6.45, 7) is 10.2. The Morgan fingerprint density at radius 2 is 1.84 bits per heavy atom. The van der Waals surface area contributed by atoms with E-state index in [9.17, 15) is 0 Å². The lowest BCUT2D eigenvalue weighted by atomic mass is 10.0. The highest BCUT2D eigenvalue weighted by Crippen LogP contribution is 2.14. The van der Waals surface area contributed by atoms with E-state index >= 15 is 0 Å². The number of ether oxygens (including phenoxy) is 1. The van der Waals surface area contributed by atoms with Crippen LogP contribution in [0.5, 0.6) is 5.75 Å². The van der Waals surface area contributed by atoms with E-state index in [1.165, 1.54) is 5.56 Å². The Morgan fingerprint density at radius 3 is 2.37 bits per heavy atom. The summed E-state index contributed by atoms with van der Waals surface area (Å²) in [6.07, 6.45) is 2.24. The second-order valence-electron chi connectivity index (χ2n) is 5.91. The van der Waals surface area contributed by atoms with Gasteiger partial charge in [0.05, 0.1) is 6.10 Å². The highest BCUT2D eigenvalue weighted by molar-refractivity contribution is 5.27. The van der Waals surface area contributed by atoms with Gasteiger partial charge in [0.2, 0.25) is 0 Å². The number of benzene rings is 1. The van der Waals surface area contributed by atoms with Gasteiger partial charge in [-0.3, -0.25) is 0 Å². The van der Waals surface area contributed by atoms with Gasteiger partial charge in [-0.05, 0) is 71.3 Å². The summed E-state index contributed by atoms with van der Waals surface area (Å²) in [5.41, 5.74) is 7.05. The first-order valence-electron chi connectivity index (χ1n) is 7.13. The fraction of sp³-hybridized carbons (Fsp3) is 0.625. The fourth-order valence-electron chi connectivity index (χ4n) is 2.00. The van der Waals surface area contributed by atoms with Gasteiger partial charge in [0.25, 0.3) is 0 Å². The molecular formula is C16H28N2O. The van der Waals surface area contributed by atoms with Crippen LogP contribution in [0.2, 0.25) is 0 Å². The average Bonchev–Trinajstić information content (AvgIpc) is 2.30. The summed E-state index contributed by atoms with van der Waals surface area (Å²) in [6, 6.07) is 8.35. The van der Waals surface area contributed by atoms with Crippen molar-refractivity contribution in [3.8, 4) is 5.75 Å². The van der Waals surface area contributed by atoms with Gasteiger partial charge in [-0.2, -0.15) is 0 Å².